The molecule has 1 atom stereocenters. The van der Waals surface area contributed by atoms with E-state index in [1.165, 1.54) is 17.0 Å². The van der Waals surface area contributed by atoms with Crippen LogP contribution < -0.4 is 5.32 Å². The molecule has 0 bridgehead atoms. The zero-order chi connectivity index (χ0) is 15.8. The highest BCUT2D eigenvalue weighted by Crippen LogP contribution is 2.48. The normalized spacial score (nSPS) is 24.6. The third kappa shape index (κ3) is 2.53. The molecule has 7 heteroatoms. The summed E-state index contributed by atoms with van der Waals surface area (Å²) in [5.74, 6) is -0.376. The minimum Gasteiger partial charge on any atom is -0.390 e. The molecule has 0 spiro atoms. The van der Waals surface area contributed by atoms with Gasteiger partial charge in [0.15, 0.2) is 14.6 Å². The summed E-state index contributed by atoms with van der Waals surface area (Å²) in [5, 5.41) is 12.8. The Labute approximate surface area is 130 Å². The molecule has 1 aliphatic carbocycles. The first-order valence-corrected chi connectivity index (χ1v) is 8.93. The number of hydrogen-bond acceptors (Lipinski definition) is 5. The van der Waals surface area contributed by atoms with Gasteiger partial charge in [-0.05, 0) is 25.0 Å². The predicted molar refractivity (Wildman–Crippen MR) is 81.0 cm³/mol. The van der Waals surface area contributed by atoms with Crippen molar-refractivity contribution >= 4 is 15.7 Å². The highest BCUT2D eigenvalue weighted by Gasteiger charge is 2.62. The Bertz CT molecular complexity index is 655. The lowest BCUT2D eigenvalue weighted by Gasteiger charge is -2.26. The number of aliphatic hydroxyl groups is 1. The van der Waals surface area contributed by atoms with Gasteiger partial charge in [0.25, 0.3) is 0 Å². The van der Waals surface area contributed by atoms with Gasteiger partial charge in [0.2, 0.25) is 5.91 Å². The number of nitrogens with one attached hydrogen (secondary N) is 1. The third-order valence-electron chi connectivity index (χ3n) is 4.32. The van der Waals surface area contributed by atoms with Crippen LogP contribution in [-0.4, -0.2) is 61.4 Å². The van der Waals surface area contributed by atoms with Crippen molar-refractivity contribution in [1.29, 1.82) is 0 Å². The van der Waals surface area contributed by atoms with Crippen LogP contribution in [0.25, 0.3) is 0 Å². The van der Waals surface area contributed by atoms with Crippen LogP contribution in [0.3, 0.4) is 0 Å². The summed E-state index contributed by atoms with van der Waals surface area (Å²) in [7, 11) is -3.70. The second-order valence-electron chi connectivity index (χ2n) is 5.92. The Morgan fingerprint density at radius 2 is 1.95 bits per heavy atom. The number of aliphatic hydroxyl groups excluding tert-OH is 1. The van der Waals surface area contributed by atoms with E-state index in [4.69, 9.17) is 0 Å². The van der Waals surface area contributed by atoms with E-state index in [0.29, 0.717) is 32.5 Å². The van der Waals surface area contributed by atoms with Gasteiger partial charge in [0.05, 0.1) is 11.0 Å². The minimum absolute atomic E-state index is 0.178. The topological polar surface area (TPSA) is 86.7 Å². The smallest absolute Gasteiger partial charge is 0.244 e. The molecule has 2 fully saturated rings. The number of benzene rings is 1. The molecule has 1 aliphatic heterocycles. The quantitative estimate of drug-likeness (QED) is 0.803. The maximum Gasteiger partial charge on any atom is 0.244 e. The van der Waals surface area contributed by atoms with Gasteiger partial charge < -0.3 is 15.3 Å². The SMILES string of the molecule is O=C(N1CCNCC(O)C1)C1(S(=O)(=O)c2ccccc2)CC1. The number of hydrogen-bond donors (Lipinski definition) is 2. The van der Waals surface area contributed by atoms with E-state index in [0.717, 1.165) is 0 Å². The van der Waals surface area contributed by atoms with E-state index in [2.05, 4.69) is 5.32 Å². The van der Waals surface area contributed by atoms with E-state index >= 15 is 0 Å². The van der Waals surface area contributed by atoms with E-state index < -0.39 is 20.7 Å². The number of rotatable bonds is 3. The monoisotopic (exact) mass is 324 g/mol. The summed E-state index contributed by atoms with van der Waals surface area (Å²) in [4.78, 5) is 14.5. The first kappa shape index (κ1) is 15.5. The van der Waals surface area contributed by atoms with E-state index in [1.807, 2.05) is 0 Å². The Kier molecular flexibility index (Phi) is 3.96. The second-order valence-corrected chi connectivity index (χ2v) is 8.18. The average molecular weight is 324 g/mol. The number of β-amino-alcohol motifs (C(OH)–C–C–N with tert-alkyl or cyclic N) is 1. The number of amides is 1. The molecule has 6 nitrogen and oxygen atoms in total. The number of nitrogens with zero attached hydrogens (tertiary/aromatic N) is 1. The summed E-state index contributed by atoms with van der Waals surface area (Å²) >= 11 is 0. The zero-order valence-electron chi connectivity index (χ0n) is 12.2. The molecule has 1 unspecified atom stereocenters. The van der Waals surface area contributed by atoms with Crippen LogP contribution in [0.1, 0.15) is 12.8 Å². The third-order valence-corrected chi connectivity index (χ3v) is 6.82. The van der Waals surface area contributed by atoms with Crippen molar-refractivity contribution in [3.8, 4) is 0 Å². The van der Waals surface area contributed by atoms with Crippen LogP contribution in [-0.2, 0) is 14.6 Å². The second kappa shape index (κ2) is 5.64. The molecule has 2 aliphatic rings. The maximum atomic E-state index is 12.8. The summed E-state index contributed by atoms with van der Waals surface area (Å²) in [6, 6.07) is 8.13. The molecule has 0 radical (unpaired) electrons. The molecular weight excluding hydrogens is 304 g/mol. The standard InChI is InChI=1S/C15H20N2O4S/c18-12-10-16-8-9-17(11-12)14(19)15(6-7-15)22(20,21)13-4-2-1-3-5-13/h1-5,12,16,18H,6-11H2. The van der Waals surface area contributed by atoms with Crippen LogP contribution in [0.15, 0.2) is 35.2 Å². The lowest BCUT2D eigenvalue weighted by atomic mass is 10.3. The average Bonchev–Trinajstić information content (AvgIpc) is 3.33. The van der Waals surface area contributed by atoms with E-state index in [-0.39, 0.29) is 17.3 Å². The Morgan fingerprint density at radius 1 is 1.27 bits per heavy atom. The molecule has 1 saturated heterocycles. The minimum atomic E-state index is -3.70. The van der Waals surface area contributed by atoms with Crippen LogP contribution >= 0.6 is 0 Å². The van der Waals surface area contributed by atoms with Gasteiger partial charge >= 0.3 is 0 Å². The van der Waals surface area contributed by atoms with E-state index in [9.17, 15) is 18.3 Å². The Morgan fingerprint density at radius 3 is 2.59 bits per heavy atom. The Balaban J connectivity index is 1.88. The molecular formula is C15H20N2O4S. The number of carbonyl (C=O) groups excluding carboxylic acids is 1. The summed E-state index contributed by atoms with van der Waals surface area (Å²) < 4.78 is 24.3. The predicted octanol–water partition coefficient (Wildman–Crippen LogP) is -0.214. The van der Waals surface area contributed by atoms with Crippen LogP contribution in [0.4, 0.5) is 0 Å². The summed E-state index contributed by atoms with van der Waals surface area (Å²) in [6.45, 7) is 1.58. The van der Waals surface area contributed by atoms with Gasteiger partial charge in [0.1, 0.15) is 0 Å². The van der Waals surface area contributed by atoms with Crippen molar-refractivity contribution in [2.75, 3.05) is 26.2 Å². The van der Waals surface area contributed by atoms with Crippen molar-refractivity contribution in [3.63, 3.8) is 0 Å². The molecule has 3 rings (SSSR count). The van der Waals surface area contributed by atoms with Crippen molar-refractivity contribution in [1.82, 2.24) is 10.2 Å². The maximum absolute atomic E-state index is 12.8. The number of carbonyl (C=O) groups is 1. The van der Waals surface area contributed by atoms with Crippen molar-refractivity contribution < 1.29 is 18.3 Å². The molecule has 1 saturated carbocycles. The largest absolute Gasteiger partial charge is 0.390 e. The van der Waals surface area contributed by atoms with Crippen molar-refractivity contribution in [2.24, 2.45) is 0 Å². The zero-order valence-corrected chi connectivity index (χ0v) is 13.1. The van der Waals surface area contributed by atoms with Crippen LogP contribution in [0.5, 0.6) is 0 Å². The van der Waals surface area contributed by atoms with Gasteiger partial charge in [-0.2, -0.15) is 0 Å². The van der Waals surface area contributed by atoms with Crippen LogP contribution in [0, 0.1) is 0 Å². The summed E-state index contributed by atoms with van der Waals surface area (Å²) in [5.41, 5.74) is 0. The fourth-order valence-electron chi connectivity index (χ4n) is 2.90. The van der Waals surface area contributed by atoms with Gasteiger partial charge in [-0.1, -0.05) is 18.2 Å². The highest BCUT2D eigenvalue weighted by atomic mass is 32.2. The molecule has 22 heavy (non-hydrogen) atoms. The molecule has 120 valence electrons. The molecule has 1 aromatic carbocycles. The van der Waals surface area contributed by atoms with Crippen LogP contribution in [0.2, 0.25) is 0 Å². The Hall–Kier alpha value is -1.44. The van der Waals surface area contributed by atoms with Crippen molar-refractivity contribution in [3.05, 3.63) is 30.3 Å². The van der Waals surface area contributed by atoms with E-state index in [1.54, 1.807) is 18.2 Å². The lowest BCUT2D eigenvalue weighted by Crippen LogP contribution is -2.47. The fourth-order valence-corrected chi connectivity index (χ4v) is 4.87. The summed E-state index contributed by atoms with van der Waals surface area (Å²) in [6.07, 6.45) is 0.0355. The molecule has 1 heterocycles. The fraction of sp³-hybridized carbons (Fsp3) is 0.533. The first-order valence-electron chi connectivity index (χ1n) is 7.45. The van der Waals surface area contributed by atoms with Gasteiger partial charge in [-0.3, -0.25) is 4.79 Å². The van der Waals surface area contributed by atoms with Gasteiger partial charge in [-0.15, -0.1) is 0 Å². The van der Waals surface area contributed by atoms with Gasteiger partial charge in [0, 0.05) is 26.2 Å². The van der Waals surface area contributed by atoms with Gasteiger partial charge in [-0.25, -0.2) is 8.42 Å². The number of sulfone groups is 1. The molecule has 2 N–H and O–H groups in total. The lowest BCUT2D eigenvalue weighted by molar-refractivity contribution is -0.132. The molecule has 1 amide bonds. The first-order chi connectivity index (χ1) is 10.5. The van der Waals surface area contributed by atoms with Crippen molar-refractivity contribution in [2.45, 2.75) is 28.6 Å². The molecule has 0 aromatic heterocycles. The molecule has 1 aromatic rings. The highest BCUT2D eigenvalue weighted by molar-refractivity contribution is 7.94.